The monoisotopic (exact) mass is 307 g/mol. The van der Waals surface area contributed by atoms with Gasteiger partial charge < -0.3 is 10.1 Å². The second kappa shape index (κ2) is 6.53. The Morgan fingerprint density at radius 1 is 1.19 bits per heavy atom. The molecule has 1 heterocycles. The molecule has 0 saturated heterocycles. The van der Waals surface area contributed by atoms with Crippen molar-refractivity contribution in [2.24, 2.45) is 0 Å². The molecule has 1 aromatic heterocycles. The van der Waals surface area contributed by atoms with Crippen molar-refractivity contribution in [3.8, 4) is 11.6 Å². The van der Waals surface area contributed by atoms with Crippen LogP contribution in [0.1, 0.15) is 13.3 Å². The molecule has 0 spiro atoms. The lowest BCUT2D eigenvalue weighted by Gasteiger charge is -2.07. The molecule has 0 aliphatic carbocycles. The van der Waals surface area contributed by atoms with Gasteiger partial charge in [0.15, 0.2) is 9.84 Å². The van der Waals surface area contributed by atoms with E-state index in [2.05, 4.69) is 22.2 Å². The highest BCUT2D eigenvalue weighted by atomic mass is 32.2. The average Bonchev–Trinajstić information content (AvgIpc) is 2.45. The molecule has 0 saturated carbocycles. The molecule has 7 heteroatoms. The first kappa shape index (κ1) is 15.2. The van der Waals surface area contributed by atoms with Crippen molar-refractivity contribution in [1.82, 2.24) is 9.97 Å². The molecule has 2 rings (SSSR count). The van der Waals surface area contributed by atoms with E-state index in [0.29, 0.717) is 17.4 Å². The van der Waals surface area contributed by atoms with Gasteiger partial charge >= 0.3 is 0 Å². The molecule has 0 fully saturated rings. The fourth-order valence-corrected chi connectivity index (χ4v) is 2.25. The Morgan fingerprint density at radius 2 is 1.90 bits per heavy atom. The largest absolute Gasteiger partial charge is 0.439 e. The van der Waals surface area contributed by atoms with Crippen LogP contribution in [0, 0.1) is 0 Å². The minimum Gasteiger partial charge on any atom is -0.439 e. The average molecular weight is 307 g/mol. The van der Waals surface area contributed by atoms with Crippen molar-refractivity contribution < 1.29 is 13.2 Å². The van der Waals surface area contributed by atoms with Crippen LogP contribution in [0.4, 0.5) is 5.82 Å². The first-order valence-corrected chi connectivity index (χ1v) is 8.42. The number of hydrogen-bond donors (Lipinski definition) is 1. The third-order valence-electron chi connectivity index (χ3n) is 2.67. The Labute approximate surface area is 124 Å². The second-order valence-electron chi connectivity index (χ2n) is 4.51. The van der Waals surface area contributed by atoms with Crippen LogP contribution in [-0.4, -0.2) is 31.2 Å². The maximum absolute atomic E-state index is 11.4. The van der Waals surface area contributed by atoms with Gasteiger partial charge in [0, 0.05) is 18.9 Å². The van der Waals surface area contributed by atoms with Crippen molar-refractivity contribution in [2.45, 2.75) is 18.2 Å². The van der Waals surface area contributed by atoms with Gasteiger partial charge in [-0.3, -0.25) is 0 Å². The van der Waals surface area contributed by atoms with Crippen LogP contribution in [-0.2, 0) is 9.84 Å². The van der Waals surface area contributed by atoms with E-state index in [1.807, 2.05) is 0 Å². The summed E-state index contributed by atoms with van der Waals surface area (Å²) in [6.07, 6.45) is 3.57. The highest BCUT2D eigenvalue weighted by molar-refractivity contribution is 7.90. The van der Waals surface area contributed by atoms with Gasteiger partial charge in [-0.25, -0.2) is 18.4 Å². The maximum Gasteiger partial charge on any atom is 0.224 e. The summed E-state index contributed by atoms with van der Waals surface area (Å²) in [7, 11) is -3.20. The summed E-state index contributed by atoms with van der Waals surface area (Å²) in [5, 5.41) is 3.14. The molecule has 112 valence electrons. The lowest BCUT2D eigenvalue weighted by atomic mass is 10.3. The number of rotatable bonds is 6. The summed E-state index contributed by atoms with van der Waals surface area (Å²) < 4.78 is 28.3. The Kier molecular flexibility index (Phi) is 4.74. The van der Waals surface area contributed by atoms with E-state index in [-0.39, 0.29) is 4.90 Å². The predicted molar refractivity (Wildman–Crippen MR) is 80.4 cm³/mol. The highest BCUT2D eigenvalue weighted by Gasteiger charge is 2.07. The summed E-state index contributed by atoms with van der Waals surface area (Å²) in [4.78, 5) is 8.36. The van der Waals surface area contributed by atoms with Crippen molar-refractivity contribution in [3.05, 3.63) is 36.7 Å². The summed E-state index contributed by atoms with van der Waals surface area (Å²) in [5.74, 6) is 1.60. The second-order valence-corrected chi connectivity index (χ2v) is 6.53. The van der Waals surface area contributed by atoms with Gasteiger partial charge in [0.1, 0.15) is 17.9 Å². The number of nitrogens with zero attached hydrogens (tertiary/aromatic N) is 2. The zero-order valence-corrected chi connectivity index (χ0v) is 12.7. The van der Waals surface area contributed by atoms with E-state index >= 15 is 0 Å². The molecule has 0 aliphatic heterocycles. The minimum atomic E-state index is -3.20. The lowest BCUT2D eigenvalue weighted by molar-refractivity contribution is 0.461. The number of hydrogen-bond acceptors (Lipinski definition) is 6. The standard InChI is InChI=1S/C14H17N3O3S/c1-3-8-15-13-9-14(17-10-16-13)20-11-4-6-12(7-5-11)21(2,18)19/h4-7,9-10H,3,8H2,1-2H3,(H,15,16,17). The number of aromatic nitrogens is 2. The van der Waals surface area contributed by atoms with Gasteiger partial charge in [0.25, 0.3) is 0 Å². The zero-order valence-electron chi connectivity index (χ0n) is 11.9. The van der Waals surface area contributed by atoms with Crippen LogP contribution in [0.5, 0.6) is 11.6 Å². The van der Waals surface area contributed by atoms with E-state index < -0.39 is 9.84 Å². The van der Waals surface area contributed by atoms with Gasteiger partial charge in [-0.1, -0.05) is 6.92 Å². The van der Waals surface area contributed by atoms with Crippen LogP contribution in [0.15, 0.2) is 41.6 Å². The first-order valence-electron chi connectivity index (χ1n) is 6.53. The number of anilines is 1. The molecule has 1 aromatic carbocycles. The van der Waals surface area contributed by atoms with Gasteiger partial charge in [-0.05, 0) is 30.7 Å². The van der Waals surface area contributed by atoms with E-state index in [1.165, 1.54) is 24.7 Å². The molecule has 0 radical (unpaired) electrons. The topological polar surface area (TPSA) is 81.2 Å². The van der Waals surface area contributed by atoms with Crippen LogP contribution in [0.25, 0.3) is 0 Å². The number of ether oxygens (including phenoxy) is 1. The maximum atomic E-state index is 11.4. The Balaban J connectivity index is 2.11. The molecular weight excluding hydrogens is 290 g/mol. The number of nitrogens with one attached hydrogen (secondary N) is 1. The molecule has 0 aliphatic rings. The summed E-state index contributed by atoms with van der Waals surface area (Å²) >= 11 is 0. The van der Waals surface area contributed by atoms with Crippen LogP contribution in [0.3, 0.4) is 0 Å². The minimum absolute atomic E-state index is 0.253. The molecule has 21 heavy (non-hydrogen) atoms. The summed E-state index contributed by atoms with van der Waals surface area (Å²) in [5.41, 5.74) is 0. The SMILES string of the molecule is CCCNc1cc(Oc2ccc(S(C)(=O)=O)cc2)ncn1. The number of sulfone groups is 1. The molecule has 0 amide bonds. The Bertz CT molecular complexity index is 700. The van der Waals surface area contributed by atoms with E-state index in [9.17, 15) is 8.42 Å². The highest BCUT2D eigenvalue weighted by Crippen LogP contribution is 2.22. The molecule has 6 nitrogen and oxygen atoms in total. The van der Waals surface area contributed by atoms with Crippen molar-refractivity contribution >= 4 is 15.7 Å². The van der Waals surface area contributed by atoms with Gasteiger partial charge in [0.2, 0.25) is 5.88 Å². The fourth-order valence-electron chi connectivity index (χ4n) is 1.62. The molecular formula is C14H17N3O3S. The molecule has 0 atom stereocenters. The Hall–Kier alpha value is -2.15. The van der Waals surface area contributed by atoms with E-state index in [1.54, 1.807) is 18.2 Å². The Morgan fingerprint density at radius 3 is 2.52 bits per heavy atom. The van der Waals surface area contributed by atoms with Crippen molar-refractivity contribution in [3.63, 3.8) is 0 Å². The van der Waals surface area contributed by atoms with E-state index in [4.69, 9.17) is 4.74 Å². The van der Waals surface area contributed by atoms with Gasteiger partial charge in [-0.15, -0.1) is 0 Å². The molecule has 0 bridgehead atoms. The van der Waals surface area contributed by atoms with Crippen LogP contribution in [0.2, 0.25) is 0 Å². The summed E-state index contributed by atoms with van der Waals surface area (Å²) in [6.45, 7) is 2.88. The van der Waals surface area contributed by atoms with Gasteiger partial charge in [0.05, 0.1) is 4.90 Å². The van der Waals surface area contributed by atoms with E-state index in [0.717, 1.165) is 13.0 Å². The zero-order chi connectivity index (χ0) is 15.3. The fraction of sp³-hybridized carbons (Fsp3) is 0.286. The third kappa shape index (κ3) is 4.42. The first-order chi connectivity index (χ1) is 9.99. The lowest BCUT2D eigenvalue weighted by Crippen LogP contribution is -2.02. The molecule has 0 unspecified atom stereocenters. The van der Waals surface area contributed by atoms with Crippen molar-refractivity contribution in [2.75, 3.05) is 18.1 Å². The molecule has 1 N–H and O–H groups in total. The third-order valence-corrected chi connectivity index (χ3v) is 3.80. The quantitative estimate of drug-likeness (QED) is 0.883. The summed E-state index contributed by atoms with van der Waals surface area (Å²) in [6, 6.07) is 7.89. The van der Waals surface area contributed by atoms with Crippen molar-refractivity contribution in [1.29, 1.82) is 0 Å². The number of benzene rings is 1. The van der Waals surface area contributed by atoms with Gasteiger partial charge in [-0.2, -0.15) is 0 Å². The predicted octanol–water partition coefficient (Wildman–Crippen LogP) is 2.49. The van der Waals surface area contributed by atoms with Crippen LogP contribution < -0.4 is 10.1 Å². The smallest absolute Gasteiger partial charge is 0.224 e. The molecule has 2 aromatic rings. The van der Waals surface area contributed by atoms with Crippen LogP contribution >= 0.6 is 0 Å². The normalized spacial score (nSPS) is 11.1.